The van der Waals surface area contributed by atoms with Crippen molar-refractivity contribution < 1.29 is 0 Å². The van der Waals surface area contributed by atoms with Crippen molar-refractivity contribution in [1.82, 2.24) is 0 Å². The van der Waals surface area contributed by atoms with Gasteiger partial charge in [0.05, 0.1) is 0 Å². The summed E-state index contributed by atoms with van der Waals surface area (Å²) in [4.78, 5) is 0. The van der Waals surface area contributed by atoms with Gasteiger partial charge in [0, 0.05) is 11.3 Å². The fourth-order valence-corrected chi connectivity index (χ4v) is 1.25. The molecule has 0 saturated carbocycles. The van der Waals surface area contributed by atoms with Crippen LogP contribution >= 0.6 is 23.2 Å². The highest BCUT2D eigenvalue weighted by Crippen LogP contribution is 2.10. The topological polar surface area (TPSA) is 26.0 Å². The van der Waals surface area contributed by atoms with Crippen molar-refractivity contribution in [3.05, 3.63) is 0 Å². The van der Waals surface area contributed by atoms with Crippen LogP contribution in [0.4, 0.5) is 0 Å². The van der Waals surface area contributed by atoms with Gasteiger partial charge in [-0.25, -0.2) is 0 Å². The Kier molecular flexibility index (Phi) is 8.06. The molecule has 0 aromatic heterocycles. The first-order valence-electron chi connectivity index (χ1n) is 3.71. The minimum Gasteiger partial charge on any atom is -0.330 e. The highest BCUT2D eigenvalue weighted by atomic mass is 35.5. The molecule has 0 saturated heterocycles. The summed E-state index contributed by atoms with van der Waals surface area (Å²) in [6.07, 6.45) is 4.16. The molecule has 0 aliphatic heterocycles. The van der Waals surface area contributed by atoms with E-state index in [4.69, 9.17) is 28.9 Å². The van der Waals surface area contributed by atoms with E-state index in [0.29, 0.717) is 6.54 Å². The summed E-state index contributed by atoms with van der Waals surface area (Å²) in [7, 11) is 0. The summed E-state index contributed by atoms with van der Waals surface area (Å²) in [5.74, 6) is 0.742. The lowest BCUT2D eigenvalue weighted by molar-refractivity contribution is 0.647. The summed E-state index contributed by atoms with van der Waals surface area (Å²) in [6, 6.07) is 0. The van der Waals surface area contributed by atoms with E-state index in [1.165, 1.54) is 0 Å². The quantitative estimate of drug-likeness (QED) is 0.497. The Morgan fingerprint density at radius 3 is 2.40 bits per heavy atom. The predicted molar refractivity (Wildman–Crippen MR) is 47.9 cm³/mol. The first kappa shape index (κ1) is 10.5. The molecular weight excluding hydrogens is 169 g/mol. The second-order valence-corrected chi connectivity index (χ2v) is 3.35. The van der Waals surface area contributed by atoms with Crippen LogP contribution in [-0.4, -0.2) is 17.8 Å². The molecule has 1 atom stereocenters. The number of halogens is 2. The van der Waals surface area contributed by atoms with Crippen LogP contribution < -0.4 is 5.73 Å². The van der Waals surface area contributed by atoms with Gasteiger partial charge in [0.1, 0.15) is 0 Å². The third-order valence-corrected chi connectivity index (χ3v) is 2.08. The van der Waals surface area contributed by atoms with Crippen LogP contribution in [0.5, 0.6) is 0 Å². The average molecular weight is 184 g/mol. The molecule has 0 aliphatic carbocycles. The van der Waals surface area contributed by atoms with Crippen molar-refractivity contribution in [2.45, 2.75) is 31.1 Å². The lowest BCUT2D eigenvalue weighted by Gasteiger charge is -2.05. The molecule has 0 aromatic carbocycles. The second kappa shape index (κ2) is 7.64. The van der Waals surface area contributed by atoms with Crippen molar-refractivity contribution in [3.63, 3.8) is 0 Å². The van der Waals surface area contributed by atoms with Gasteiger partial charge in [-0.15, -0.1) is 23.2 Å². The molecular formula is C7H15Cl2N. The molecule has 0 aromatic rings. The molecule has 0 fully saturated rings. The number of hydrogen-bond acceptors (Lipinski definition) is 1. The summed E-state index contributed by atoms with van der Waals surface area (Å²) in [5, 5.41) is 0.258. The molecule has 10 heavy (non-hydrogen) atoms. The van der Waals surface area contributed by atoms with Crippen LogP contribution in [0.25, 0.3) is 0 Å². The van der Waals surface area contributed by atoms with Gasteiger partial charge in [0.2, 0.25) is 0 Å². The molecule has 0 bridgehead atoms. The molecule has 0 radical (unpaired) electrons. The Balaban J connectivity index is 2.97. The van der Waals surface area contributed by atoms with Crippen LogP contribution in [0.1, 0.15) is 25.7 Å². The summed E-state index contributed by atoms with van der Waals surface area (Å²) >= 11 is 11.4. The number of unbranched alkanes of at least 4 members (excludes halogenated alkanes) is 1. The second-order valence-electron chi connectivity index (χ2n) is 2.36. The third kappa shape index (κ3) is 6.66. The zero-order valence-electron chi connectivity index (χ0n) is 6.15. The van der Waals surface area contributed by atoms with Crippen LogP contribution in [0.3, 0.4) is 0 Å². The molecule has 3 heteroatoms. The summed E-state index contributed by atoms with van der Waals surface area (Å²) < 4.78 is 0. The van der Waals surface area contributed by atoms with Crippen molar-refractivity contribution in [3.8, 4) is 0 Å². The van der Waals surface area contributed by atoms with Gasteiger partial charge in [-0.05, 0) is 25.8 Å². The molecule has 62 valence electrons. The van der Waals surface area contributed by atoms with Crippen LogP contribution in [0, 0.1) is 0 Å². The average Bonchev–Trinajstić information content (AvgIpc) is 1.89. The SMILES string of the molecule is NCCC(Cl)CCCCCl. The molecule has 0 heterocycles. The van der Waals surface area contributed by atoms with Gasteiger partial charge in [0.25, 0.3) is 0 Å². The first-order chi connectivity index (χ1) is 4.81. The van der Waals surface area contributed by atoms with Gasteiger partial charge in [-0.3, -0.25) is 0 Å². The van der Waals surface area contributed by atoms with Crippen LogP contribution in [0.2, 0.25) is 0 Å². The summed E-state index contributed by atoms with van der Waals surface area (Å²) in [6.45, 7) is 0.690. The van der Waals surface area contributed by atoms with E-state index in [2.05, 4.69) is 0 Å². The van der Waals surface area contributed by atoms with Gasteiger partial charge < -0.3 is 5.73 Å². The first-order valence-corrected chi connectivity index (χ1v) is 4.68. The fourth-order valence-electron chi connectivity index (χ4n) is 0.786. The highest BCUT2D eigenvalue weighted by molar-refractivity contribution is 6.20. The largest absolute Gasteiger partial charge is 0.330 e. The number of hydrogen-bond donors (Lipinski definition) is 1. The minimum atomic E-state index is 0.258. The minimum absolute atomic E-state index is 0.258. The molecule has 1 unspecified atom stereocenters. The standard InChI is InChI=1S/C7H15Cl2N/c8-5-2-1-3-7(9)4-6-10/h7H,1-6,10H2. The van der Waals surface area contributed by atoms with E-state index in [1.54, 1.807) is 0 Å². The van der Waals surface area contributed by atoms with Crippen molar-refractivity contribution in [1.29, 1.82) is 0 Å². The lowest BCUT2D eigenvalue weighted by Crippen LogP contribution is -2.07. The van der Waals surface area contributed by atoms with Gasteiger partial charge in [-0.2, -0.15) is 0 Å². The Labute approximate surface area is 72.9 Å². The Bertz CT molecular complexity index is 68.6. The Hall–Kier alpha value is 0.540. The maximum absolute atomic E-state index is 5.89. The zero-order chi connectivity index (χ0) is 7.82. The van der Waals surface area contributed by atoms with Crippen molar-refractivity contribution in [2.75, 3.05) is 12.4 Å². The van der Waals surface area contributed by atoms with E-state index in [-0.39, 0.29) is 5.38 Å². The van der Waals surface area contributed by atoms with Crippen molar-refractivity contribution in [2.24, 2.45) is 5.73 Å². The van der Waals surface area contributed by atoms with Crippen LogP contribution in [0.15, 0.2) is 0 Å². The molecule has 0 amide bonds. The fraction of sp³-hybridized carbons (Fsp3) is 1.00. The van der Waals surface area contributed by atoms with E-state index in [1.807, 2.05) is 0 Å². The van der Waals surface area contributed by atoms with E-state index >= 15 is 0 Å². The van der Waals surface area contributed by atoms with E-state index in [9.17, 15) is 0 Å². The zero-order valence-corrected chi connectivity index (χ0v) is 7.67. The van der Waals surface area contributed by atoms with Crippen LogP contribution in [-0.2, 0) is 0 Å². The Morgan fingerprint density at radius 1 is 1.20 bits per heavy atom. The molecule has 0 rings (SSSR count). The number of rotatable bonds is 6. The summed E-state index contributed by atoms with van der Waals surface area (Å²) in [5.41, 5.74) is 5.32. The number of nitrogens with two attached hydrogens (primary N) is 1. The molecule has 0 aliphatic rings. The maximum Gasteiger partial charge on any atom is 0.0348 e. The maximum atomic E-state index is 5.89. The molecule has 0 spiro atoms. The lowest BCUT2D eigenvalue weighted by atomic mass is 10.1. The molecule has 1 nitrogen and oxygen atoms in total. The predicted octanol–water partition coefficient (Wildman–Crippen LogP) is 2.35. The van der Waals surface area contributed by atoms with Crippen molar-refractivity contribution >= 4 is 23.2 Å². The smallest absolute Gasteiger partial charge is 0.0348 e. The van der Waals surface area contributed by atoms with Gasteiger partial charge in [-0.1, -0.05) is 6.42 Å². The van der Waals surface area contributed by atoms with E-state index in [0.717, 1.165) is 31.6 Å². The number of alkyl halides is 2. The third-order valence-electron chi connectivity index (χ3n) is 1.38. The van der Waals surface area contributed by atoms with Gasteiger partial charge >= 0.3 is 0 Å². The highest BCUT2D eigenvalue weighted by Gasteiger charge is 2.01. The van der Waals surface area contributed by atoms with E-state index < -0.39 is 0 Å². The molecule has 2 N–H and O–H groups in total. The normalized spacial score (nSPS) is 13.5. The van der Waals surface area contributed by atoms with Gasteiger partial charge in [0.15, 0.2) is 0 Å². The monoisotopic (exact) mass is 183 g/mol. The Morgan fingerprint density at radius 2 is 1.90 bits per heavy atom.